The van der Waals surface area contributed by atoms with Crippen LogP contribution >= 0.6 is 0 Å². The van der Waals surface area contributed by atoms with Crippen molar-refractivity contribution in [1.82, 2.24) is 10.1 Å². The molecule has 0 aliphatic heterocycles. The van der Waals surface area contributed by atoms with E-state index in [0.717, 1.165) is 0 Å². The molecule has 0 bridgehead atoms. The van der Waals surface area contributed by atoms with Crippen LogP contribution in [0.25, 0.3) is 11.5 Å². The predicted octanol–water partition coefficient (Wildman–Crippen LogP) is 1.34. The van der Waals surface area contributed by atoms with Crippen LogP contribution in [0, 0.1) is 0 Å². The summed E-state index contributed by atoms with van der Waals surface area (Å²) in [6.45, 7) is 0. The summed E-state index contributed by atoms with van der Waals surface area (Å²) >= 11 is 0. The highest BCUT2D eigenvalue weighted by Crippen LogP contribution is 2.36. The number of para-hydroxylation sites is 1. The second-order valence-electron chi connectivity index (χ2n) is 3.00. The van der Waals surface area contributed by atoms with Gasteiger partial charge in [-0.05, 0) is 17.3 Å². The molecule has 0 aliphatic rings. The van der Waals surface area contributed by atoms with Crippen LogP contribution in [0.3, 0.4) is 0 Å². The molecule has 1 aromatic carbocycles. The largest absolute Gasteiger partial charge is 0.493 e. The fourth-order valence-corrected chi connectivity index (χ4v) is 1.40. The van der Waals surface area contributed by atoms with Crippen LogP contribution in [0.4, 0.5) is 5.95 Å². The Morgan fingerprint density at radius 2 is 2.06 bits per heavy atom. The van der Waals surface area contributed by atoms with E-state index in [1.165, 1.54) is 0 Å². The average Bonchev–Trinajstić information content (AvgIpc) is 2.74. The minimum Gasteiger partial charge on any atom is -0.493 e. The molecule has 2 N–H and O–H groups in total. The molecule has 0 saturated carbocycles. The van der Waals surface area contributed by atoms with Gasteiger partial charge >= 0.3 is 0 Å². The first-order valence-corrected chi connectivity index (χ1v) is 4.56. The van der Waals surface area contributed by atoms with Gasteiger partial charge in [0.2, 0.25) is 0 Å². The minimum absolute atomic E-state index is 0.0832. The molecule has 0 unspecified atom stereocenters. The Kier molecular flexibility index (Phi) is 2.63. The third-order valence-corrected chi connectivity index (χ3v) is 2.08. The van der Waals surface area contributed by atoms with E-state index in [1.807, 2.05) is 0 Å². The molecule has 0 radical (unpaired) electrons. The third-order valence-electron chi connectivity index (χ3n) is 2.08. The smallest absolute Gasteiger partial charge is 0.263 e. The molecule has 84 valence electrons. The maximum Gasteiger partial charge on any atom is 0.263 e. The number of hydrogen-bond donors (Lipinski definition) is 1. The van der Waals surface area contributed by atoms with Crippen molar-refractivity contribution in [3.05, 3.63) is 18.2 Å². The van der Waals surface area contributed by atoms with E-state index < -0.39 is 0 Å². The van der Waals surface area contributed by atoms with Gasteiger partial charge in [0.15, 0.2) is 11.5 Å². The molecular weight excluding hydrogens is 210 g/mol. The third kappa shape index (κ3) is 1.65. The number of benzene rings is 1. The molecule has 0 amide bonds. The van der Waals surface area contributed by atoms with Crippen molar-refractivity contribution in [2.24, 2.45) is 0 Å². The number of methoxy groups -OCH3 is 2. The van der Waals surface area contributed by atoms with Gasteiger partial charge in [0.1, 0.15) is 0 Å². The zero-order valence-corrected chi connectivity index (χ0v) is 8.93. The van der Waals surface area contributed by atoms with Gasteiger partial charge in [-0.15, -0.1) is 0 Å². The van der Waals surface area contributed by atoms with Crippen molar-refractivity contribution in [1.29, 1.82) is 0 Å². The van der Waals surface area contributed by atoms with Crippen LogP contribution in [0.5, 0.6) is 11.5 Å². The van der Waals surface area contributed by atoms with Gasteiger partial charge in [-0.2, -0.15) is 4.98 Å². The quantitative estimate of drug-likeness (QED) is 0.841. The minimum atomic E-state index is 0.0832. The number of anilines is 1. The second-order valence-corrected chi connectivity index (χ2v) is 3.00. The lowest BCUT2D eigenvalue weighted by Gasteiger charge is -2.09. The molecule has 6 heteroatoms. The van der Waals surface area contributed by atoms with E-state index in [1.54, 1.807) is 32.4 Å². The molecule has 0 spiro atoms. The molecule has 0 aliphatic carbocycles. The summed E-state index contributed by atoms with van der Waals surface area (Å²) in [6.07, 6.45) is 0. The van der Waals surface area contributed by atoms with Crippen molar-refractivity contribution in [2.75, 3.05) is 20.0 Å². The summed E-state index contributed by atoms with van der Waals surface area (Å²) in [5.41, 5.74) is 6.03. The van der Waals surface area contributed by atoms with E-state index >= 15 is 0 Å². The number of nitrogens with two attached hydrogens (primary N) is 1. The van der Waals surface area contributed by atoms with Crippen LogP contribution in [0.15, 0.2) is 22.7 Å². The Balaban J connectivity index is 2.56. The Morgan fingerprint density at radius 1 is 1.25 bits per heavy atom. The van der Waals surface area contributed by atoms with Crippen molar-refractivity contribution >= 4 is 5.95 Å². The zero-order valence-electron chi connectivity index (χ0n) is 8.93. The van der Waals surface area contributed by atoms with E-state index in [-0.39, 0.29) is 5.95 Å². The number of rotatable bonds is 3. The standard InChI is InChI=1S/C10H11N3O3/c1-14-7-5-3-4-6(8(7)15-2)9-12-10(11)13-16-9/h3-5H,1-2H3,(H2,11,13). The van der Waals surface area contributed by atoms with Crippen LogP contribution in [-0.4, -0.2) is 24.4 Å². The van der Waals surface area contributed by atoms with E-state index in [9.17, 15) is 0 Å². The van der Waals surface area contributed by atoms with Gasteiger partial charge in [0.25, 0.3) is 11.8 Å². The summed E-state index contributed by atoms with van der Waals surface area (Å²) in [5.74, 6) is 1.51. The van der Waals surface area contributed by atoms with Gasteiger partial charge in [-0.3, -0.25) is 0 Å². The lowest BCUT2D eigenvalue weighted by atomic mass is 10.2. The lowest BCUT2D eigenvalue weighted by Crippen LogP contribution is -1.93. The number of nitrogen functional groups attached to an aromatic ring is 1. The van der Waals surface area contributed by atoms with E-state index in [0.29, 0.717) is 23.0 Å². The number of aromatic nitrogens is 2. The van der Waals surface area contributed by atoms with Crippen molar-refractivity contribution in [3.8, 4) is 23.0 Å². The maximum absolute atomic E-state index is 5.39. The molecule has 1 heterocycles. The molecule has 0 saturated heterocycles. The van der Waals surface area contributed by atoms with Crippen molar-refractivity contribution < 1.29 is 14.0 Å². The Morgan fingerprint density at radius 3 is 2.62 bits per heavy atom. The van der Waals surface area contributed by atoms with Crippen molar-refractivity contribution in [3.63, 3.8) is 0 Å². The SMILES string of the molecule is COc1cccc(-c2nc(N)no2)c1OC. The van der Waals surface area contributed by atoms with Crippen LogP contribution in [-0.2, 0) is 0 Å². The summed E-state index contributed by atoms with van der Waals surface area (Å²) in [7, 11) is 3.10. The molecule has 2 aromatic rings. The molecule has 6 nitrogen and oxygen atoms in total. The fraction of sp³-hybridized carbons (Fsp3) is 0.200. The van der Waals surface area contributed by atoms with E-state index in [2.05, 4.69) is 10.1 Å². The molecule has 2 rings (SSSR count). The molecule has 0 atom stereocenters. The van der Waals surface area contributed by atoms with E-state index in [4.69, 9.17) is 19.7 Å². The molecular formula is C10H11N3O3. The first kappa shape index (κ1) is 10.3. The monoisotopic (exact) mass is 221 g/mol. The van der Waals surface area contributed by atoms with Gasteiger partial charge in [0.05, 0.1) is 19.8 Å². The van der Waals surface area contributed by atoms with Gasteiger partial charge in [0, 0.05) is 0 Å². The number of nitrogens with zero attached hydrogens (tertiary/aromatic N) is 2. The number of hydrogen-bond acceptors (Lipinski definition) is 6. The molecule has 0 fully saturated rings. The predicted molar refractivity (Wildman–Crippen MR) is 57.3 cm³/mol. The van der Waals surface area contributed by atoms with Crippen LogP contribution in [0.2, 0.25) is 0 Å². The van der Waals surface area contributed by atoms with Crippen LogP contribution in [0.1, 0.15) is 0 Å². The second kappa shape index (κ2) is 4.09. The topological polar surface area (TPSA) is 83.4 Å². The molecule has 16 heavy (non-hydrogen) atoms. The maximum atomic E-state index is 5.39. The number of ether oxygens (including phenoxy) is 2. The summed E-state index contributed by atoms with van der Waals surface area (Å²) < 4.78 is 15.4. The van der Waals surface area contributed by atoms with Gasteiger partial charge in [-0.1, -0.05) is 6.07 Å². The Bertz CT molecular complexity index is 496. The zero-order chi connectivity index (χ0) is 11.5. The first-order chi connectivity index (χ1) is 7.76. The highest BCUT2D eigenvalue weighted by Gasteiger charge is 2.16. The first-order valence-electron chi connectivity index (χ1n) is 4.56. The Hall–Kier alpha value is -2.24. The van der Waals surface area contributed by atoms with Gasteiger partial charge in [-0.25, -0.2) is 0 Å². The fourth-order valence-electron chi connectivity index (χ4n) is 1.40. The average molecular weight is 221 g/mol. The summed E-state index contributed by atoms with van der Waals surface area (Å²) in [6, 6.07) is 5.37. The van der Waals surface area contributed by atoms with Gasteiger partial charge < -0.3 is 19.7 Å². The lowest BCUT2D eigenvalue weighted by molar-refractivity contribution is 0.353. The summed E-state index contributed by atoms with van der Waals surface area (Å²) in [5, 5.41) is 3.52. The van der Waals surface area contributed by atoms with Crippen molar-refractivity contribution in [2.45, 2.75) is 0 Å². The normalized spacial score (nSPS) is 10.1. The molecule has 1 aromatic heterocycles. The Labute approximate surface area is 92.0 Å². The summed E-state index contributed by atoms with van der Waals surface area (Å²) in [4.78, 5) is 3.93. The highest BCUT2D eigenvalue weighted by atomic mass is 16.5. The highest BCUT2D eigenvalue weighted by molar-refractivity contribution is 5.67. The van der Waals surface area contributed by atoms with Crippen LogP contribution < -0.4 is 15.2 Å².